The van der Waals surface area contributed by atoms with Gasteiger partial charge in [0, 0.05) is 25.4 Å². The maximum atomic E-state index is 12.8. The zero-order valence-electron chi connectivity index (χ0n) is 8.59. The summed E-state index contributed by atoms with van der Waals surface area (Å²) < 4.78 is 17.8. The number of nitrogens with one attached hydrogen (secondary N) is 1. The van der Waals surface area contributed by atoms with Gasteiger partial charge in [0.05, 0.1) is 0 Å². The van der Waals surface area contributed by atoms with E-state index in [1.807, 2.05) is 13.0 Å². The number of halogens is 1. The number of benzene rings is 1. The van der Waals surface area contributed by atoms with Crippen molar-refractivity contribution in [2.24, 2.45) is 0 Å². The summed E-state index contributed by atoms with van der Waals surface area (Å²) in [6.45, 7) is 2.76. The Labute approximate surface area is 84.1 Å². The van der Waals surface area contributed by atoms with Crippen LogP contribution in [0.15, 0.2) is 24.3 Å². The van der Waals surface area contributed by atoms with Crippen LogP contribution in [0.25, 0.3) is 0 Å². The van der Waals surface area contributed by atoms with E-state index in [2.05, 4.69) is 5.32 Å². The van der Waals surface area contributed by atoms with Crippen LogP contribution in [0.2, 0.25) is 0 Å². The first-order chi connectivity index (χ1) is 6.72. The second-order valence-corrected chi connectivity index (χ2v) is 3.34. The van der Waals surface area contributed by atoms with Crippen molar-refractivity contribution in [2.75, 3.05) is 19.0 Å². The topological polar surface area (TPSA) is 21.3 Å². The Balaban J connectivity index is 2.43. The van der Waals surface area contributed by atoms with Gasteiger partial charge in [0.15, 0.2) is 0 Å². The minimum Gasteiger partial charge on any atom is -0.385 e. The van der Waals surface area contributed by atoms with Gasteiger partial charge in [0.2, 0.25) is 0 Å². The summed E-state index contributed by atoms with van der Waals surface area (Å²) in [5.74, 6) is -0.214. The van der Waals surface area contributed by atoms with Crippen LogP contribution in [0.4, 0.5) is 10.1 Å². The second-order valence-electron chi connectivity index (χ2n) is 3.34. The maximum absolute atomic E-state index is 12.8. The lowest BCUT2D eigenvalue weighted by Crippen LogP contribution is -2.17. The molecule has 1 N–H and O–H groups in total. The molecular weight excluding hydrogens is 181 g/mol. The molecule has 0 saturated carbocycles. The predicted octanol–water partition coefficient (Wildman–Crippen LogP) is 2.66. The number of ether oxygens (including phenoxy) is 1. The molecule has 0 heterocycles. The summed E-state index contributed by atoms with van der Waals surface area (Å²) >= 11 is 0. The van der Waals surface area contributed by atoms with E-state index in [0.717, 1.165) is 12.1 Å². The van der Waals surface area contributed by atoms with E-state index >= 15 is 0 Å². The summed E-state index contributed by atoms with van der Waals surface area (Å²) in [4.78, 5) is 0. The summed E-state index contributed by atoms with van der Waals surface area (Å²) in [5, 5.41) is 3.20. The van der Waals surface area contributed by atoms with E-state index in [4.69, 9.17) is 4.74 Å². The Morgan fingerprint density at radius 1 is 1.50 bits per heavy atom. The molecule has 1 aromatic rings. The monoisotopic (exact) mass is 197 g/mol. The molecule has 0 saturated heterocycles. The van der Waals surface area contributed by atoms with Gasteiger partial charge >= 0.3 is 0 Å². The molecular formula is C11H16FNO. The van der Waals surface area contributed by atoms with Crippen molar-refractivity contribution >= 4 is 5.69 Å². The fourth-order valence-corrected chi connectivity index (χ4v) is 1.23. The van der Waals surface area contributed by atoms with E-state index < -0.39 is 0 Å². The molecule has 1 rings (SSSR count). The molecule has 0 aliphatic carbocycles. The van der Waals surface area contributed by atoms with E-state index in [1.165, 1.54) is 12.1 Å². The molecule has 0 radical (unpaired) electrons. The average Bonchev–Trinajstić information content (AvgIpc) is 2.15. The van der Waals surface area contributed by atoms with Crippen LogP contribution in [0.3, 0.4) is 0 Å². The van der Waals surface area contributed by atoms with Crippen molar-refractivity contribution in [2.45, 2.75) is 19.4 Å². The van der Waals surface area contributed by atoms with Crippen LogP contribution in [0.1, 0.15) is 13.3 Å². The van der Waals surface area contributed by atoms with E-state index in [9.17, 15) is 4.39 Å². The molecule has 0 fully saturated rings. The van der Waals surface area contributed by atoms with Gasteiger partial charge in [-0.05, 0) is 31.5 Å². The van der Waals surface area contributed by atoms with Gasteiger partial charge in [0.1, 0.15) is 5.82 Å². The summed E-state index contributed by atoms with van der Waals surface area (Å²) in [5.41, 5.74) is 0.814. The number of hydrogen-bond acceptors (Lipinski definition) is 2. The maximum Gasteiger partial charge on any atom is 0.125 e. The predicted molar refractivity (Wildman–Crippen MR) is 56.0 cm³/mol. The van der Waals surface area contributed by atoms with Crippen LogP contribution < -0.4 is 5.32 Å². The quantitative estimate of drug-likeness (QED) is 0.783. The molecule has 3 heteroatoms. The lowest BCUT2D eigenvalue weighted by Gasteiger charge is -2.14. The highest BCUT2D eigenvalue weighted by atomic mass is 19.1. The Bertz CT molecular complexity index is 278. The second kappa shape index (κ2) is 5.60. The van der Waals surface area contributed by atoms with E-state index in [-0.39, 0.29) is 11.9 Å². The molecule has 0 aromatic heterocycles. The minimum absolute atomic E-state index is 0.214. The molecule has 1 atom stereocenters. The minimum atomic E-state index is -0.214. The Kier molecular flexibility index (Phi) is 4.40. The molecule has 0 spiro atoms. The molecule has 2 nitrogen and oxygen atoms in total. The fraction of sp³-hybridized carbons (Fsp3) is 0.455. The van der Waals surface area contributed by atoms with Gasteiger partial charge in [-0.25, -0.2) is 4.39 Å². The van der Waals surface area contributed by atoms with E-state index in [1.54, 1.807) is 13.2 Å². The molecule has 0 bridgehead atoms. The van der Waals surface area contributed by atoms with Gasteiger partial charge in [-0.1, -0.05) is 6.07 Å². The first-order valence-corrected chi connectivity index (χ1v) is 4.73. The zero-order valence-corrected chi connectivity index (χ0v) is 8.59. The number of methoxy groups -OCH3 is 1. The third-order valence-electron chi connectivity index (χ3n) is 1.99. The highest BCUT2D eigenvalue weighted by Crippen LogP contribution is 2.11. The van der Waals surface area contributed by atoms with Crippen LogP contribution in [-0.2, 0) is 4.74 Å². The van der Waals surface area contributed by atoms with Crippen molar-refractivity contribution < 1.29 is 9.13 Å². The van der Waals surface area contributed by atoms with Crippen LogP contribution in [0.5, 0.6) is 0 Å². The van der Waals surface area contributed by atoms with Crippen LogP contribution in [0, 0.1) is 5.82 Å². The normalized spacial score (nSPS) is 12.5. The summed E-state index contributed by atoms with van der Waals surface area (Å²) in [6.07, 6.45) is 0.910. The lowest BCUT2D eigenvalue weighted by atomic mass is 10.2. The van der Waals surface area contributed by atoms with Crippen LogP contribution in [-0.4, -0.2) is 19.8 Å². The highest BCUT2D eigenvalue weighted by molar-refractivity contribution is 5.43. The van der Waals surface area contributed by atoms with Crippen molar-refractivity contribution in [1.29, 1.82) is 0 Å². The lowest BCUT2D eigenvalue weighted by molar-refractivity contribution is 0.191. The van der Waals surface area contributed by atoms with Gasteiger partial charge in [-0.15, -0.1) is 0 Å². The Hall–Kier alpha value is -1.09. The standard InChI is InChI=1S/C11H16FNO/c1-9(6-7-14-2)13-11-5-3-4-10(12)8-11/h3-5,8-9,13H,6-7H2,1-2H3. The molecule has 14 heavy (non-hydrogen) atoms. The number of rotatable bonds is 5. The van der Waals surface area contributed by atoms with Gasteiger partial charge in [-0.2, -0.15) is 0 Å². The fourth-order valence-electron chi connectivity index (χ4n) is 1.23. The van der Waals surface area contributed by atoms with Gasteiger partial charge in [0.25, 0.3) is 0 Å². The third-order valence-corrected chi connectivity index (χ3v) is 1.99. The van der Waals surface area contributed by atoms with Crippen LogP contribution >= 0.6 is 0 Å². The molecule has 0 aliphatic rings. The SMILES string of the molecule is COCCC(C)Nc1cccc(F)c1. The Morgan fingerprint density at radius 3 is 2.93 bits per heavy atom. The smallest absolute Gasteiger partial charge is 0.125 e. The average molecular weight is 197 g/mol. The number of hydrogen-bond donors (Lipinski definition) is 1. The van der Waals surface area contributed by atoms with E-state index in [0.29, 0.717) is 6.61 Å². The Morgan fingerprint density at radius 2 is 2.29 bits per heavy atom. The molecule has 1 aromatic carbocycles. The zero-order chi connectivity index (χ0) is 10.4. The van der Waals surface area contributed by atoms with Crippen molar-refractivity contribution in [3.63, 3.8) is 0 Å². The molecule has 0 aliphatic heterocycles. The van der Waals surface area contributed by atoms with Gasteiger partial charge < -0.3 is 10.1 Å². The summed E-state index contributed by atoms with van der Waals surface area (Å²) in [7, 11) is 1.68. The van der Waals surface area contributed by atoms with Crippen molar-refractivity contribution in [3.8, 4) is 0 Å². The van der Waals surface area contributed by atoms with Crippen molar-refractivity contribution in [1.82, 2.24) is 0 Å². The van der Waals surface area contributed by atoms with Gasteiger partial charge in [-0.3, -0.25) is 0 Å². The largest absolute Gasteiger partial charge is 0.385 e. The highest BCUT2D eigenvalue weighted by Gasteiger charge is 2.01. The first-order valence-electron chi connectivity index (χ1n) is 4.73. The first kappa shape index (κ1) is 11.0. The summed E-state index contributed by atoms with van der Waals surface area (Å²) in [6, 6.07) is 6.76. The molecule has 0 amide bonds. The molecule has 78 valence electrons. The van der Waals surface area contributed by atoms with Crippen molar-refractivity contribution in [3.05, 3.63) is 30.1 Å². The number of anilines is 1. The third kappa shape index (κ3) is 3.75. The molecule has 1 unspecified atom stereocenters.